The van der Waals surface area contributed by atoms with Crippen LogP contribution in [0.5, 0.6) is 0 Å². The third kappa shape index (κ3) is 9.42. The molecule has 1 N–H and O–H groups in total. The third-order valence-corrected chi connectivity index (χ3v) is 3.37. The predicted octanol–water partition coefficient (Wildman–Crippen LogP) is 3.36. The average molecular weight is 364 g/mol. The van der Waals surface area contributed by atoms with Gasteiger partial charge in [0.05, 0.1) is 18.7 Å². The van der Waals surface area contributed by atoms with Crippen molar-refractivity contribution < 1.29 is 19.1 Å². The van der Waals surface area contributed by atoms with Gasteiger partial charge in [-0.05, 0) is 47.1 Å². The smallest absolute Gasteiger partial charge is 0.408 e. The molecule has 1 rings (SSSR count). The normalized spacial score (nSPS) is 12.0. The number of benzene rings is 1. The molecule has 0 radical (unpaired) electrons. The van der Waals surface area contributed by atoms with E-state index in [2.05, 4.69) is 5.32 Å². The minimum atomic E-state index is -0.580. The maximum Gasteiger partial charge on any atom is 0.408 e. The van der Waals surface area contributed by atoms with Crippen LogP contribution in [0.2, 0.25) is 0 Å². The van der Waals surface area contributed by atoms with Crippen LogP contribution < -0.4 is 5.32 Å². The van der Waals surface area contributed by atoms with Crippen molar-refractivity contribution in [3.05, 3.63) is 35.9 Å². The van der Waals surface area contributed by atoms with E-state index in [9.17, 15) is 9.59 Å². The molecule has 0 atom stereocenters. The van der Waals surface area contributed by atoms with Crippen molar-refractivity contribution in [3.8, 4) is 0 Å². The Labute approximate surface area is 156 Å². The number of rotatable bonds is 8. The Bertz CT molecular complexity index is 579. The monoisotopic (exact) mass is 364 g/mol. The molecule has 0 fully saturated rings. The number of hydrogen-bond acceptors (Lipinski definition) is 5. The van der Waals surface area contributed by atoms with Crippen molar-refractivity contribution in [1.29, 1.82) is 0 Å². The summed E-state index contributed by atoms with van der Waals surface area (Å²) in [5, 5.41) is 2.88. The molecular formula is C20H32N2O4. The van der Waals surface area contributed by atoms with E-state index in [-0.39, 0.29) is 12.5 Å². The van der Waals surface area contributed by atoms with E-state index in [0.29, 0.717) is 19.7 Å². The van der Waals surface area contributed by atoms with Crippen LogP contribution in [-0.2, 0) is 20.8 Å². The maximum absolute atomic E-state index is 12.1. The Morgan fingerprint density at radius 1 is 1.08 bits per heavy atom. The first-order chi connectivity index (χ1) is 12.0. The number of amides is 1. The van der Waals surface area contributed by atoms with Crippen molar-refractivity contribution in [3.63, 3.8) is 0 Å². The number of carbonyl (C=O) groups excluding carboxylic acids is 2. The quantitative estimate of drug-likeness (QED) is 0.717. The second-order valence-electron chi connectivity index (χ2n) is 7.95. The van der Waals surface area contributed by atoms with Gasteiger partial charge in [-0.25, -0.2) is 4.79 Å². The van der Waals surface area contributed by atoms with Crippen LogP contribution in [0.25, 0.3) is 0 Å². The molecule has 0 unspecified atom stereocenters. The molecule has 0 aliphatic carbocycles. The molecule has 6 heteroatoms. The first kappa shape index (κ1) is 22.0. The summed E-state index contributed by atoms with van der Waals surface area (Å²) in [6.45, 7) is 12.6. The van der Waals surface area contributed by atoms with E-state index >= 15 is 0 Å². The second-order valence-corrected chi connectivity index (χ2v) is 7.95. The Morgan fingerprint density at radius 2 is 1.69 bits per heavy atom. The molecule has 0 saturated heterocycles. The van der Waals surface area contributed by atoms with Gasteiger partial charge in [0.1, 0.15) is 5.60 Å². The van der Waals surface area contributed by atoms with Gasteiger partial charge in [0.25, 0.3) is 0 Å². The van der Waals surface area contributed by atoms with Crippen LogP contribution in [0, 0.1) is 0 Å². The van der Waals surface area contributed by atoms with Gasteiger partial charge in [0.2, 0.25) is 0 Å². The molecule has 0 aliphatic rings. The highest BCUT2D eigenvalue weighted by molar-refractivity contribution is 5.71. The Balaban J connectivity index is 2.78. The molecule has 1 aromatic rings. The molecule has 26 heavy (non-hydrogen) atoms. The van der Waals surface area contributed by atoms with Crippen molar-refractivity contribution >= 4 is 12.1 Å². The lowest BCUT2D eigenvalue weighted by Crippen LogP contribution is -2.53. The number of nitrogens with one attached hydrogen (secondary N) is 1. The van der Waals surface area contributed by atoms with Crippen molar-refractivity contribution in [1.82, 2.24) is 10.2 Å². The topological polar surface area (TPSA) is 67.9 Å². The van der Waals surface area contributed by atoms with Gasteiger partial charge in [-0.15, -0.1) is 0 Å². The van der Waals surface area contributed by atoms with Gasteiger partial charge in [-0.2, -0.15) is 0 Å². The summed E-state index contributed by atoms with van der Waals surface area (Å²) in [6, 6.07) is 9.88. The van der Waals surface area contributed by atoms with Gasteiger partial charge in [0.15, 0.2) is 0 Å². The highest BCUT2D eigenvalue weighted by Gasteiger charge is 2.28. The molecule has 146 valence electrons. The molecule has 1 amide bonds. The van der Waals surface area contributed by atoms with Crippen LogP contribution in [0.3, 0.4) is 0 Å². The summed E-state index contributed by atoms with van der Waals surface area (Å²) in [5.41, 5.74) is -0.0526. The van der Waals surface area contributed by atoms with E-state index in [4.69, 9.17) is 9.47 Å². The van der Waals surface area contributed by atoms with Crippen LogP contribution in [-0.4, -0.2) is 47.8 Å². The second kappa shape index (κ2) is 9.57. The van der Waals surface area contributed by atoms with E-state index in [1.165, 1.54) is 0 Å². The minimum Gasteiger partial charge on any atom is -0.465 e. The first-order valence-electron chi connectivity index (χ1n) is 8.94. The third-order valence-electron chi connectivity index (χ3n) is 3.37. The van der Waals surface area contributed by atoms with Crippen LogP contribution >= 0.6 is 0 Å². The molecule has 6 nitrogen and oxygen atoms in total. The predicted molar refractivity (Wildman–Crippen MR) is 102 cm³/mol. The zero-order valence-electron chi connectivity index (χ0n) is 16.8. The molecule has 0 saturated carbocycles. The zero-order chi connectivity index (χ0) is 19.8. The molecule has 0 bridgehead atoms. The van der Waals surface area contributed by atoms with Gasteiger partial charge >= 0.3 is 12.1 Å². The number of carbonyl (C=O) groups is 2. The lowest BCUT2D eigenvalue weighted by molar-refractivity contribution is -0.144. The average Bonchev–Trinajstić information content (AvgIpc) is 2.44. The van der Waals surface area contributed by atoms with E-state index < -0.39 is 17.2 Å². The van der Waals surface area contributed by atoms with Crippen LogP contribution in [0.1, 0.15) is 47.1 Å². The summed E-state index contributed by atoms with van der Waals surface area (Å²) in [5.74, 6) is -0.281. The minimum absolute atomic E-state index is 0.155. The number of alkyl carbamates (subject to hydrolysis) is 1. The van der Waals surface area contributed by atoms with Crippen molar-refractivity contribution in [2.75, 3.05) is 19.7 Å². The zero-order valence-corrected chi connectivity index (χ0v) is 16.8. The van der Waals surface area contributed by atoms with Gasteiger partial charge in [0, 0.05) is 13.1 Å². The van der Waals surface area contributed by atoms with Gasteiger partial charge in [-0.1, -0.05) is 30.3 Å². The first-order valence-corrected chi connectivity index (χ1v) is 8.94. The summed E-state index contributed by atoms with van der Waals surface area (Å²) >= 11 is 0. The lowest BCUT2D eigenvalue weighted by atomic mass is 10.0. The SMILES string of the molecule is CCOC(=O)CN(Cc1ccccc1)CC(C)(C)NC(=O)OC(C)(C)C. The fourth-order valence-corrected chi connectivity index (χ4v) is 2.58. The Morgan fingerprint density at radius 3 is 2.23 bits per heavy atom. The Hall–Kier alpha value is -2.08. The lowest BCUT2D eigenvalue weighted by Gasteiger charge is -2.33. The fourth-order valence-electron chi connectivity index (χ4n) is 2.58. The highest BCUT2D eigenvalue weighted by Crippen LogP contribution is 2.13. The largest absolute Gasteiger partial charge is 0.465 e. The molecule has 1 aromatic carbocycles. The van der Waals surface area contributed by atoms with E-state index in [1.807, 2.05) is 69.9 Å². The molecule has 0 aromatic heterocycles. The van der Waals surface area contributed by atoms with Crippen LogP contribution in [0.4, 0.5) is 4.79 Å². The summed E-state index contributed by atoms with van der Waals surface area (Å²) in [7, 11) is 0. The van der Waals surface area contributed by atoms with E-state index in [1.54, 1.807) is 6.92 Å². The number of nitrogens with zero attached hydrogens (tertiary/aromatic N) is 1. The van der Waals surface area contributed by atoms with E-state index in [0.717, 1.165) is 5.56 Å². The highest BCUT2D eigenvalue weighted by atomic mass is 16.6. The van der Waals surface area contributed by atoms with Gasteiger partial charge < -0.3 is 14.8 Å². The number of hydrogen-bond donors (Lipinski definition) is 1. The summed E-state index contributed by atoms with van der Waals surface area (Å²) < 4.78 is 10.4. The maximum atomic E-state index is 12.1. The molecular weight excluding hydrogens is 332 g/mol. The molecule has 0 aliphatic heterocycles. The van der Waals surface area contributed by atoms with Gasteiger partial charge in [-0.3, -0.25) is 9.69 Å². The van der Waals surface area contributed by atoms with Crippen LogP contribution in [0.15, 0.2) is 30.3 Å². The number of ether oxygens (including phenoxy) is 2. The van der Waals surface area contributed by atoms with Crippen molar-refractivity contribution in [2.45, 2.75) is 59.2 Å². The summed E-state index contributed by atoms with van der Waals surface area (Å²) in [6.07, 6.45) is -0.474. The molecule has 0 heterocycles. The standard InChI is InChI=1S/C20H32N2O4/c1-7-25-17(23)14-22(13-16-11-9-8-10-12-16)15-20(5,6)21-18(24)26-19(2,3)4/h8-12H,7,13-15H2,1-6H3,(H,21,24). The number of esters is 1. The van der Waals surface area contributed by atoms with Crippen molar-refractivity contribution in [2.24, 2.45) is 0 Å². The molecule has 0 spiro atoms. The Kier molecular flexibility index (Phi) is 8.08. The fraction of sp³-hybridized carbons (Fsp3) is 0.600. The summed E-state index contributed by atoms with van der Waals surface area (Å²) in [4.78, 5) is 26.0.